The first-order valence-corrected chi connectivity index (χ1v) is 8.65. The third kappa shape index (κ3) is 3.79. The van der Waals surface area contributed by atoms with E-state index in [0.29, 0.717) is 18.0 Å². The van der Waals surface area contributed by atoms with E-state index >= 15 is 0 Å². The molecule has 2 aromatic rings. The second kappa shape index (κ2) is 7.36. The first kappa shape index (κ1) is 17.0. The standard InChI is InChI=1S/C17H27N5O2/c1-13(2)11-21-8-9-24-14(12-21)4-5-18-16(23)15-10-19-22-7-6-20(3)17(15)22/h6-7,10,13-14H,4-5,8-9,11-12H2,1-3H3,(H,18,23)/t14-/m0/s1. The Morgan fingerprint density at radius 3 is 3.08 bits per heavy atom. The topological polar surface area (TPSA) is 63.8 Å². The van der Waals surface area contributed by atoms with Crippen LogP contribution in [-0.2, 0) is 11.8 Å². The number of hydrogen-bond donors (Lipinski definition) is 1. The van der Waals surface area contributed by atoms with Crippen molar-refractivity contribution in [1.82, 2.24) is 24.4 Å². The van der Waals surface area contributed by atoms with Gasteiger partial charge in [-0.15, -0.1) is 0 Å². The van der Waals surface area contributed by atoms with E-state index < -0.39 is 0 Å². The SMILES string of the molecule is CC(C)CN1CCO[C@@H](CCNC(=O)c2cnn3ccn(C)c23)C1. The van der Waals surface area contributed by atoms with Gasteiger partial charge in [0.15, 0.2) is 0 Å². The molecule has 3 rings (SSSR count). The van der Waals surface area contributed by atoms with Gasteiger partial charge in [0, 0.05) is 45.6 Å². The van der Waals surface area contributed by atoms with Gasteiger partial charge in [-0.25, -0.2) is 4.52 Å². The summed E-state index contributed by atoms with van der Waals surface area (Å²) in [5, 5.41) is 7.19. The lowest BCUT2D eigenvalue weighted by Gasteiger charge is -2.34. The first-order valence-electron chi connectivity index (χ1n) is 8.65. The number of aromatic nitrogens is 3. The average molecular weight is 333 g/mol. The van der Waals surface area contributed by atoms with E-state index in [2.05, 4.69) is 29.2 Å². The third-order valence-corrected chi connectivity index (χ3v) is 4.38. The number of carbonyl (C=O) groups is 1. The van der Waals surface area contributed by atoms with Gasteiger partial charge < -0.3 is 14.6 Å². The Balaban J connectivity index is 1.49. The van der Waals surface area contributed by atoms with Crippen LogP contribution in [0, 0.1) is 5.92 Å². The number of ether oxygens (including phenoxy) is 1. The summed E-state index contributed by atoms with van der Waals surface area (Å²) < 4.78 is 9.44. The molecule has 7 heteroatoms. The highest BCUT2D eigenvalue weighted by atomic mass is 16.5. The zero-order chi connectivity index (χ0) is 17.1. The maximum Gasteiger partial charge on any atom is 0.256 e. The highest BCUT2D eigenvalue weighted by molar-refractivity contribution is 5.99. The minimum absolute atomic E-state index is 0.0818. The Morgan fingerprint density at radius 1 is 1.46 bits per heavy atom. The Kier molecular flexibility index (Phi) is 5.20. The van der Waals surface area contributed by atoms with E-state index in [1.54, 1.807) is 10.7 Å². The van der Waals surface area contributed by atoms with E-state index in [-0.39, 0.29) is 12.0 Å². The Morgan fingerprint density at radius 2 is 2.29 bits per heavy atom. The molecule has 0 bridgehead atoms. The van der Waals surface area contributed by atoms with E-state index in [1.807, 2.05) is 24.0 Å². The van der Waals surface area contributed by atoms with Crippen LogP contribution in [0.4, 0.5) is 0 Å². The lowest BCUT2D eigenvalue weighted by atomic mass is 10.1. The van der Waals surface area contributed by atoms with Crippen LogP contribution < -0.4 is 5.32 Å². The largest absolute Gasteiger partial charge is 0.375 e. The number of fused-ring (bicyclic) bond motifs is 1. The summed E-state index contributed by atoms with van der Waals surface area (Å²) in [7, 11) is 1.91. The smallest absolute Gasteiger partial charge is 0.256 e. The molecule has 1 atom stereocenters. The number of imidazole rings is 1. The number of morpholine rings is 1. The van der Waals surface area contributed by atoms with Crippen molar-refractivity contribution in [3.8, 4) is 0 Å². The molecule has 0 aliphatic carbocycles. The number of rotatable bonds is 6. The van der Waals surface area contributed by atoms with Crippen molar-refractivity contribution < 1.29 is 9.53 Å². The molecule has 1 fully saturated rings. The molecule has 0 radical (unpaired) electrons. The van der Waals surface area contributed by atoms with Crippen molar-refractivity contribution in [2.45, 2.75) is 26.4 Å². The predicted molar refractivity (Wildman–Crippen MR) is 92.1 cm³/mol. The second-order valence-corrected chi connectivity index (χ2v) is 6.93. The van der Waals surface area contributed by atoms with Crippen LogP contribution in [0.25, 0.3) is 5.65 Å². The Bertz CT molecular complexity index is 690. The van der Waals surface area contributed by atoms with Crippen molar-refractivity contribution in [3.05, 3.63) is 24.2 Å². The fourth-order valence-electron chi connectivity index (χ4n) is 3.29. The Hall–Kier alpha value is -1.86. The summed E-state index contributed by atoms with van der Waals surface area (Å²) in [5.74, 6) is 0.583. The van der Waals surface area contributed by atoms with Gasteiger partial charge >= 0.3 is 0 Å². The lowest BCUT2D eigenvalue weighted by molar-refractivity contribution is -0.0344. The summed E-state index contributed by atoms with van der Waals surface area (Å²) >= 11 is 0. The molecule has 1 saturated heterocycles. The molecule has 0 aromatic carbocycles. The van der Waals surface area contributed by atoms with Crippen molar-refractivity contribution in [2.75, 3.05) is 32.8 Å². The highest BCUT2D eigenvalue weighted by Gasteiger charge is 2.21. The van der Waals surface area contributed by atoms with Gasteiger partial charge in [-0.05, 0) is 12.3 Å². The van der Waals surface area contributed by atoms with Crippen molar-refractivity contribution in [2.24, 2.45) is 13.0 Å². The minimum atomic E-state index is -0.0818. The van der Waals surface area contributed by atoms with Gasteiger partial charge in [-0.1, -0.05) is 13.8 Å². The molecule has 0 unspecified atom stereocenters. The number of carbonyl (C=O) groups excluding carboxylic acids is 1. The van der Waals surface area contributed by atoms with Crippen LogP contribution in [0.2, 0.25) is 0 Å². The monoisotopic (exact) mass is 333 g/mol. The molecule has 24 heavy (non-hydrogen) atoms. The van der Waals surface area contributed by atoms with Crippen molar-refractivity contribution in [3.63, 3.8) is 0 Å². The van der Waals surface area contributed by atoms with Gasteiger partial charge in [-0.2, -0.15) is 5.10 Å². The summed E-state index contributed by atoms with van der Waals surface area (Å²) in [6, 6.07) is 0. The van der Waals surface area contributed by atoms with Crippen molar-refractivity contribution in [1.29, 1.82) is 0 Å². The zero-order valence-corrected chi connectivity index (χ0v) is 14.7. The normalized spacial score (nSPS) is 19.2. The second-order valence-electron chi connectivity index (χ2n) is 6.93. The number of nitrogens with zero attached hydrogens (tertiary/aromatic N) is 4. The van der Waals surface area contributed by atoms with Crippen LogP contribution in [-0.4, -0.2) is 63.9 Å². The summed E-state index contributed by atoms with van der Waals surface area (Å²) in [5.41, 5.74) is 1.41. The van der Waals surface area contributed by atoms with E-state index in [1.165, 1.54) is 0 Å². The van der Waals surface area contributed by atoms with Gasteiger partial charge in [0.2, 0.25) is 0 Å². The molecule has 0 spiro atoms. The number of amides is 1. The lowest BCUT2D eigenvalue weighted by Crippen LogP contribution is -2.45. The predicted octanol–water partition coefficient (Wildman–Crippen LogP) is 1.15. The maximum absolute atomic E-state index is 12.4. The molecule has 2 aromatic heterocycles. The van der Waals surface area contributed by atoms with Crippen LogP contribution in [0.15, 0.2) is 18.6 Å². The fourth-order valence-corrected chi connectivity index (χ4v) is 3.29. The van der Waals surface area contributed by atoms with Gasteiger partial charge in [0.1, 0.15) is 11.2 Å². The summed E-state index contributed by atoms with van der Waals surface area (Å²) in [6.45, 7) is 8.92. The maximum atomic E-state index is 12.4. The molecule has 1 N–H and O–H groups in total. The minimum Gasteiger partial charge on any atom is -0.375 e. The van der Waals surface area contributed by atoms with E-state index in [0.717, 1.165) is 38.3 Å². The van der Waals surface area contributed by atoms with E-state index in [4.69, 9.17) is 4.74 Å². The fraction of sp³-hybridized carbons (Fsp3) is 0.647. The first-order chi connectivity index (χ1) is 11.5. The average Bonchev–Trinajstić information content (AvgIpc) is 3.10. The number of nitrogens with one attached hydrogen (secondary N) is 1. The number of hydrogen-bond acceptors (Lipinski definition) is 4. The van der Waals surface area contributed by atoms with Crippen LogP contribution in [0.3, 0.4) is 0 Å². The molecule has 1 aliphatic heterocycles. The molecule has 132 valence electrons. The summed E-state index contributed by atoms with van der Waals surface area (Å²) in [4.78, 5) is 14.8. The molecule has 1 amide bonds. The quantitative estimate of drug-likeness (QED) is 0.861. The van der Waals surface area contributed by atoms with Crippen LogP contribution >= 0.6 is 0 Å². The van der Waals surface area contributed by atoms with Crippen LogP contribution in [0.1, 0.15) is 30.6 Å². The number of aryl methyl sites for hydroxylation is 1. The van der Waals surface area contributed by atoms with Gasteiger partial charge in [0.05, 0.1) is 18.9 Å². The molecule has 1 aliphatic rings. The van der Waals surface area contributed by atoms with Crippen LogP contribution in [0.5, 0.6) is 0 Å². The molecule has 3 heterocycles. The zero-order valence-electron chi connectivity index (χ0n) is 14.7. The van der Waals surface area contributed by atoms with Gasteiger partial charge in [-0.3, -0.25) is 9.69 Å². The van der Waals surface area contributed by atoms with Crippen molar-refractivity contribution >= 4 is 11.6 Å². The van der Waals surface area contributed by atoms with E-state index in [9.17, 15) is 4.79 Å². The summed E-state index contributed by atoms with van der Waals surface area (Å²) in [6.07, 6.45) is 6.37. The highest BCUT2D eigenvalue weighted by Crippen LogP contribution is 2.12. The van der Waals surface area contributed by atoms with Gasteiger partial charge in [0.25, 0.3) is 5.91 Å². The Labute approximate surface area is 142 Å². The molecule has 7 nitrogen and oxygen atoms in total. The molecular formula is C17H27N5O2. The third-order valence-electron chi connectivity index (χ3n) is 4.38. The molecular weight excluding hydrogens is 306 g/mol. The molecule has 0 saturated carbocycles.